The molecule has 0 spiro atoms. The summed E-state index contributed by atoms with van der Waals surface area (Å²) in [5.74, 6) is 0.396. The van der Waals surface area contributed by atoms with Gasteiger partial charge in [0.15, 0.2) is 5.82 Å². The molecule has 0 aliphatic heterocycles. The fraction of sp³-hybridized carbons (Fsp3) is 0.333. The molecule has 1 saturated carbocycles. The first kappa shape index (κ1) is 14.6. The maximum Gasteiger partial charge on any atom is 0.416 e. The monoisotopic (exact) mass is 309 g/mol. The molecule has 7 heteroatoms. The Morgan fingerprint density at radius 1 is 1.27 bits per heavy atom. The van der Waals surface area contributed by atoms with Crippen LogP contribution >= 0.6 is 0 Å². The van der Waals surface area contributed by atoms with Gasteiger partial charge < -0.3 is 5.32 Å². The molecule has 22 heavy (non-hydrogen) atoms. The van der Waals surface area contributed by atoms with Crippen molar-refractivity contribution < 1.29 is 18.0 Å². The number of carbonyl (C=O) groups excluding carboxylic acids is 1. The highest BCUT2D eigenvalue weighted by Crippen LogP contribution is 2.33. The Morgan fingerprint density at radius 2 is 2.09 bits per heavy atom. The van der Waals surface area contributed by atoms with E-state index in [-0.39, 0.29) is 11.7 Å². The maximum absolute atomic E-state index is 12.7. The molecule has 0 bridgehead atoms. The average molecular weight is 309 g/mol. The van der Waals surface area contributed by atoms with Gasteiger partial charge in [-0.25, -0.2) is 0 Å². The molecule has 0 saturated heterocycles. The van der Waals surface area contributed by atoms with Gasteiger partial charge in [0.1, 0.15) is 5.78 Å². The number of nitrogens with zero attached hydrogens (tertiary/aromatic N) is 1. The summed E-state index contributed by atoms with van der Waals surface area (Å²) in [5.41, 5.74) is 0.279. The van der Waals surface area contributed by atoms with Gasteiger partial charge in [-0.1, -0.05) is 6.07 Å². The van der Waals surface area contributed by atoms with Gasteiger partial charge in [0.25, 0.3) is 0 Å². The van der Waals surface area contributed by atoms with E-state index in [0.717, 1.165) is 25.0 Å². The highest BCUT2D eigenvalue weighted by molar-refractivity contribution is 5.87. The molecule has 4 nitrogen and oxygen atoms in total. The Bertz CT molecular complexity index is 693. The van der Waals surface area contributed by atoms with Crippen LogP contribution < -0.4 is 5.32 Å². The van der Waals surface area contributed by atoms with E-state index in [9.17, 15) is 18.0 Å². The number of ketones is 1. The van der Waals surface area contributed by atoms with Gasteiger partial charge in [-0.15, -0.1) is 0 Å². The minimum Gasteiger partial charge on any atom is -0.339 e. The van der Waals surface area contributed by atoms with Crippen LogP contribution in [0.5, 0.6) is 0 Å². The Kier molecular flexibility index (Phi) is 3.64. The third-order valence-corrected chi connectivity index (χ3v) is 3.74. The number of nitrogens with one attached hydrogen (secondary N) is 2. The van der Waals surface area contributed by atoms with E-state index < -0.39 is 11.7 Å². The van der Waals surface area contributed by atoms with E-state index in [1.807, 2.05) is 0 Å². The number of alkyl halides is 3. The second kappa shape index (κ2) is 5.47. The predicted molar refractivity (Wildman–Crippen MR) is 74.9 cm³/mol. The number of carbonyl (C=O) groups is 1. The Hall–Kier alpha value is -2.31. The van der Waals surface area contributed by atoms with Crippen molar-refractivity contribution in [3.63, 3.8) is 0 Å². The number of aromatic amines is 1. The number of hydrogen-bond acceptors (Lipinski definition) is 3. The molecule has 0 radical (unpaired) electrons. The molecule has 2 N–H and O–H groups in total. The fourth-order valence-corrected chi connectivity index (χ4v) is 2.64. The number of benzene rings is 1. The largest absolute Gasteiger partial charge is 0.416 e. The van der Waals surface area contributed by atoms with Crippen LogP contribution in [0.4, 0.5) is 24.7 Å². The summed E-state index contributed by atoms with van der Waals surface area (Å²) in [4.78, 5) is 11.7. The Morgan fingerprint density at radius 3 is 2.77 bits per heavy atom. The van der Waals surface area contributed by atoms with Crippen molar-refractivity contribution in [2.24, 2.45) is 0 Å². The molecule has 3 rings (SSSR count). The zero-order valence-electron chi connectivity index (χ0n) is 11.6. The summed E-state index contributed by atoms with van der Waals surface area (Å²) >= 11 is 0. The van der Waals surface area contributed by atoms with Gasteiger partial charge in [-0.05, 0) is 31.0 Å². The molecule has 1 aromatic heterocycles. The number of H-pyrrole nitrogens is 1. The van der Waals surface area contributed by atoms with Crippen molar-refractivity contribution in [1.29, 1.82) is 0 Å². The molecule has 1 aliphatic carbocycles. The Balaban J connectivity index is 1.77. The van der Waals surface area contributed by atoms with Gasteiger partial charge in [-0.2, -0.15) is 18.3 Å². The zero-order chi connectivity index (χ0) is 15.7. The molecular formula is C15H14F3N3O. The van der Waals surface area contributed by atoms with E-state index >= 15 is 0 Å². The predicted octanol–water partition coefficient (Wildman–Crippen LogP) is 4.01. The molecule has 2 aromatic rings. The second-order valence-corrected chi connectivity index (χ2v) is 5.32. The molecule has 1 unspecified atom stereocenters. The lowest BCUT2D eigenvalue weighted by Crippen LogP contribution is -2.05. The first-order valence-electron chi connectivity index (χ1n) is 6.96. The molecule has 0 amide bonds. The highest BCUT2D eigenvalue weighted by Gasteiger charge is 2.30. The molecular weight excluding hydrogens is 295 g/mol. The summed E-state index contributed by atoms with van der Waals surface area (Å²) in [7, 11) is 0. The van der Waals surface area contributed by atoms with Crippen LogP contribution in [0.3, 0.4) is 0 Å². The molecule has 1 heterocycles. The van der Waals surface area contributed by atoms with Gasteiger partial charge in [0, 0.05) is 23.9 Å². The van der Waals surface area contributed by atoms with Crippen molar-refractivity contribution in [2.75, 3.05) is 5.32 Å². The normalized spacial score (nSPS) is 18.7. The quantitative estimate of drug-likeness (QED) is 0.900. The van der Waals surface area contributed by atoms with Gasteiger partial charge in [0.05, 0.1) is 11.5 Å². The number of hydrogen-bond donors (Lipinski definition) is 2. The third kappa shape index (κ3) is 2.98. The van der Waals surface area contributed by atoms with Crippen LogP contribution in [-0.2, 0) is 11.0 Å². The van der Waals surface area contributed by atoms with Crippen LogP contribution in [0.2, 0.25) is 0 Å². The van der Waals surface area contributed by atoms with Crippen molar-refractivity contribution in [3.8, 4) is 0 Å². The van der Waals surface area contributed by atoms with Gasteiger partial charge >= 0.3 is 6.18 Å². The molecule has 1 aromatic carbocycles. The van der Waals surface area contributed by atoms with Crippen molar-refractivity contribution >= 4 is 17.3 Å². The van der Waals surface area contributed by atoms with Crippen LogP contribution in [0.25, 0.3) is 0 Å². The smallest absolute Gasteiger partial charge is 0.339 e. The standard InChI is InChI=1S/C15H14F3N3O/c16-15(17,18)9-3-1-4-10(7-9)19-14-8-12(20-21-14)11-5-2-6-13(11)22/h1,3-4,7-8,11H,2,5-6H2,(H2,19,20,21). The second-order valence-electron chi connectivity index (χ2n) is 5.32. The highest BCUT2D eigenvalue weighted by atomic mass is 19.4. The summed E-state index contributed by atoms with van der Waals surface area (Å²) in [6.07, 6.45) is -2.17. The van der Waals surface area contributed by atoms with E-state index in [0.29, 0.717) is 23.6 Å². The fourth-order valence-electron chi connectivity index (χ4n) is 2.64. The molecule has 1 aliphatic rings. The van der Waals surface area contributed by atoms with Crippen LogP contribution in [0.1, 0.15) is 36.4 Å². The van der Waals surface area contributed by atoms with E-state index in [1.165, 1.54) is 12.1 Å². The molecule has 1 fully saturated rings. The summed E-state index contributed by atoms with van der Waals surface area (Å²) in [6, 6.07) is 6.57. The summed E-state index contributed by atoms with van der Waals surface area (Å²) < 4.78 is 38.0. The van der Waals surface area contributed by atoms with E-state index in [2.05, 4.69) is 15.5 Å². The van der Waals surface area contributed by atoms with Gasteiger partial charge in [-0.3, -0.25) is 9.89 Å². The van der Waals surface area contributed by atoms with Gasteiger partial charge in [0.2, 0.25) is 0 Å². The lowest BCUT2D eigenvalue weighted by Gasteiger charge is -2.09. The first-order chi connectivity index (χ1) is 10.4. The van der Waals surface area contributed by atoms with Crippen LogP contribution in [0.15, 0.2) is 30.3 Å². The van der Waals surface area contributed by atoms with Crippen molar-refractivity contribution in [1.82, 2.24) is 10.2 Å². The van der Waals surface area contributed by atoms with E-state index in [1.54, 1.807) is 6.07 Å². The topological polar surface area (TPSA) is 57.8 Å². The summed E-state index contributed by atoms with van der Waals surface area (Å²) in [5, 5.41) is 9.62. The minimum absolute atomic E-state index is 0.175. The average Bonchev–Trinajstić information content (AvgIpc) is 3.07. The Labute approximate surface area is 124 Å². The molecule has 116 valence electrons. The number of rotatable bonds is 3. The summed E-state index contributed by atoms with van der Waals surface area (Å²) in [6.45, 7) is 0. The number of Topliss-reactive ketones (excluding diaryl/α,β-unsaturated/α-hetero) is 1. The SMILES string of the molecule is O=C1CCCC1c1cc(Nc2cccc(C(F)(F)F)c2)n[nH]1. The minimum atomic E-state index is -4.38. The number of anilines is 2. The molecule has 1 atom stereocenters. The lowest BCUT2D eigenvalue weighted by atomic mass is 10.0. The zero-order valence-corrected chi connectivity index (χ0v) is 11.6. The van der Waals surface area contributed by atoms with E-state index in [4.69, 9.17) is 0 Å². The van der Waals surface area contributed by atoms with Crippen LogP contribution in [0, 0.1) is 0 Å². The first-order valence-corrected chi connectivity index (χ1v) is 6.96. The number of halogens is 3. The van der Waals surface area contributed by atoms with Crippen LogP contribution in [-0.4, -0.2) is 16.0 Å². The number of aromatic nitrogens is 2. The van der Waals surface area contributed by atoms with Crippen molar-refractivity contribution in [2.45, 2.75) is 31.4 Å². The maximum atomic E-state index is 12.7. The van der Waals surface area contributed by atoms with Crippen molar-refractivity contribution in [3.05, 3.63) is 41.6 Å². The lowest BCUT2D eigenvalue weighted by molar-refractivity contribution is -0.137. The third-order valence-electron chi connectivity index (χ3n) is 3.74.